The van der Waals surface area contributed by atoms with E-state index in [0.717, 1.165) is 0 Å². The zero-order valence-corrected chi connectivity index (χ0v) is 12.1. The van der Waals surface area contributed by atoms with Gasteiger partial charge >= 0.3 is 0 Å². The third-order valence-corrected chi connectivity index (χ3v) is 3.79. The first-order chi connectivity index (χ1) is 11.0. The molecule has 23 heavy (non-hydrogen) atoms. The molecule has 0 bridgehead atoms. The number of halogens is 2. The van der Waals surface area contributed by atoms with E-state index in [2.05, 4.69) is 9.97 Å². The van der Waals surface area contributed by atoms with Gasteiger partial charge in [-0.25, -0.2) is 13.8 Å². The van der Waals surface area contributed by atoms with Crippen molar-refractivity contribution in [2.24, 2.45) is 0 Å². The van der Waals surface area contributed by atoms with E-state index in [1.165, 1.54) is 18.3 Å². The summed E-state index contributed by atoms with van der Waals surface area (Å²) < 4.78 is 30.0. The molecule has 4 aromatic rings. The highest BCUT2D eigenvalue weighted by Crippen LogP contribution is 2.27. The average Bonchev–Trinajstić information content (AvgIpc) is 2.88. The topological polar surface area (TPSA) is 50.2 Å². The molecule has 3 heterocycles. The van der Waals surface area contributed by atoms with Gasteiger partial charge in [-0.2, -0.15) is 0 Å². The normalized spacial score (nSPS) is 11.4. The Morgan fingerprint density at radius 3 is 2.70 bits per heavy atom. The van der Waals surface area contributed by atoms with E-state index in [0.29, 0.717) is 22.2 Å². The molecule has 0 aliphatic heterocycles. The minimum atomic E-state index is -0.637. The van der Waals surface area contributed by atoms with Crippen molar-refractivity contribution in [1.29, 1.82) is 0 Å². The van der Waals surface area contributed by atoms with Crippen LogP contribution in [0.2, 0.25) is 0 Å². The second-order valence-corrected chi connectivity index (χ2v) is 5.42. The third kappa shape index (κ3) is 2.11. The molecule has 1 aromatic carbocycles. The quantitative estimate of drug-likeness (QED) is 0.585. The Labute approximate surface area is 129 Å². The van der Waals surface area contributed by atoms with E-state index in [1.807, 2.05) is 0 Å². The standard InChI is InChI=1S/C17H11F2N3O/c1-9-7-22-8-12(6-14(19)16(22)21-9)11-4-10-2-3-20-17(23)15(10)13(18)5-11/h2-8H,1H3,(H,20,23). The molecular weight excluding hydrogens is 300 g/mol. The van der Waals surface area contributed by atoms with Crippen LogP contribution in [0.5, 0.6) is 0 Å². The minimum absolute atomic E-state index is 0.00345. The maximum absolute atomic E-state index is 14.3. The van der Waals surface area contributed by atoms with Crippen molar-refractivity contribution < 1.29 is 8.78 Å². The van der Waals surface area contributed by atoms with Crippen molar-refractivity contribution in [1.82, 2.24) is 14.4 Å². The Balaban J connectivity index is 2.00. The number of aryl methyl sites for hydroxylation is 1. The van der Waals surface area contributed by atoms with Crippen LogP contribution in [0.4, 0.5) is 8.78 Å². The Morgan fingerprint density at radius 2 is 1.87 bits per heavy atom. The zero-order chi connectivity index (χ0) is 16.1. The first-order valence-electron chi connectivity index (χ1n) is 6.99. The van der Waals surface area contributed by atoms with Crippen LogP contribution in [0.3, 0.4) is 0 Å². The van der Waals surface area contributed by atoms with Gasteiger partial charge < -0.3 is 9.38 Å². The lowest BCUT2D eigenvalue weighted by Crippen LogP contribution is -2.06. The second-order valence-electron chi connectivity index (χ2n) is 5.42. The predicted octanol–water partition coefficient (Wildman–Crippen LogP) is 3.43. The molecule has 0 saturated carbocycles. The van der Waals surface area contributed by atoms with Gasteiger partial charge in [0.1, 0.15) is 5.82 Å². The highest BCUT2D eigenvalue weighted by molar-refractivity contribution is 5.87. The van der Waals surface area contributed by atoms with Gasteiger partial charge in [0.15, 0.2) is 11.5 Å². The summed E-state index contributed by atoms with van der Waals surface area (Å²) in [5.41, 5.74) is 1.43. The molecule has 4 nitrogen and oxygen atoms in total. The van der Waals surface area contributed by atoms with Crippen molar-refractivity contribution in [2.45, 2.75) is 6.92 Å². The Kier molecular flexibility index (Phi) is 2.81. The summed E-state index contributed by atoms with van der Waals surface area (Å²) in [7, 11) is 0. The van der Waals surface area contributed by atoms with Crippen LogP contribution in [0.25, 0.3) is 27.5 Å². The molecule has 3 aromatic heterocycles. The summed E-state index contributed by atoms with van der Waals surface area (Å²) in [6.07, 6.45) is 4.84. The number of nitrogens with one attached hydrogen (secondary N) is 1. The molecular formula is C17H11F2N3O. The number of nitrogens with zero attached hydrogens (tertiary/aromatic N) is 2. The molecule has 0 amide bonds. The smallest absolute Gasteiger partial charge is 0.258 e. The van der Waals surface area contributed by atoms with Crippen LogP contribution in [-0.4, -0.2) is 14.4 Å². The number of hydrogen-bond acceptors (Lipinski definition) is 2. The molecule has 0 spiro atoms. The number of aromatic amines is 1. The lowest BCUT2D eigenvalue weighted by Gasteiger charge is -2.07. The average molecular weight is 311 g/mol. The number of H-pyrrole nitrogens is 1. The Bertz CT molecular complexity index is 1130. The molecule has 0 saturated heterocycles. The van der Waals surface area contributed by atoms with Gasteiger partial charge in [-0.3, -0.25) is 4.79 Å². The lowest BCUT2D eigenvalue weighted by atomic mass is 10.0. The van der Waals surface area contributed by atoms with Crippen LogP contribution in [0.1, 0.15) is 5.69 Å². The molecule has 0 atom stereocenters. The number of aromatic nitrogens is 3. The van der Waals surface area contributed by atoms with E-state index >= 15 is 0 Å². The summed E-state index contributed by atoms with van der Waals surface area (Å²) in [5, 5.41) is 0.461. The predicted molar refractivity (Wildman–Crippen MR) is 83.4 cm³/mol. The van der Waals surface area contributed by atoms with E-state index < -0.39 is 17.2 Å². The fourth-order valence-corrected chi connectivity index (χ4v) is 2.78. The molecule has 6 heteroatoms. The summed E-state index contributed by atoms with van der Waals surface area (Å²) >= 11 is 0. The molecule has 0 radical (unpaired) electrons. The number of pyridine rings is 2. The van der Waals surface area contributed by atoms with Gasteiger partial charge in [-0.1, -0.05) is 0 Å². The van der Waals surface area contributed by atoms with E-state index in [4.69, 9.17) is 0 Å². The summed E-state index contributed by atoms with van der Waals surface area (Å²) in [6, 6.07) is 5.83. The van der Waals surface area contributed by atoms with Crippen LogP contribution in [0.15, 0.2) is 47.7 Å². The summed E-state index contributed by atoms with van der Waals surface area (Å²) in [4.78, 5) is 18.2. The van der Waals surface area contributed by atoms with Gasteiger partial charge in [0, 0.05) is 24.2 Å². The molecule has 0 aliphatic rings. The number of imidazole rings is 1. The van der Waals surface area contributed by atoms with Gasteiger partial charge in [-0.05, 0) is 42.1 Å². The second kappa shape index (κ2) is 4.74. The van der Waals surface area contributed by atoms with Crippen molar-refractivity contribution in [3.63, 3.8) is 0 Å². The number of benzene rings is 1. The molecule has 4 rings (SSSR count). The minimum Gasteiger partial charge on any atom is -0.328 e. The van der Waals surface area contributed by atoms with Crippen LogP contribution in [0, 0.1) is 18.6 Å². The van der Waals surface area contributed by atoms with Crippen molar-refractivity contribution in [2.75, 3.05) is 0 Å². The fraction of sp³-hybridized carbons (Fsp3) is 0.0588. The summed E-state index contributed by atoms with van der Waals surface area (Å²) in [6.45, 7) is 1.77. The highest BCUT2D eigenvalue weighted by atomic mass is 19.1. The Morgan fingerprint density at radius 1 is 1.09 bits per heavy atom. The molecule has 1 N–H and O–H groups in total. The molecule has 0 aliphatic carbocycles. The van der Waals surface area contributed by atoms with Gasteiger partial charge in [0.25, 0.3) is 5.56 Å². The van der Waals surface area contributed by atoms with Crippen LogP contribution >= 0.6 is 0 Å². The van der Waals surface area contributed by atoms with Crippen molar-refractivity contribution >= 4 is 16.4 Å². The van der Waals surface area contributed by atoms with Gasteiger partial charge in [-0.15, -0.1) is 0 Å². The summed E-state index contributed by atoms with van der Waals surface area (Å²) in [5.74, 6) is -1.12. The maximum atomic E-state index is 14.3. The number of hydrogen-bond donors (Lipinski definition) is 1. The van der Waals surface area contributed by atoms with E-state index in [-0.39, 0.29) is 11.0 Å². The Hall–Kier alpha value is -3.02. The SMILES string of the molecule is Cc1cn2cc(-c3cc(F)c4c(=O)[nH]ccc4c3)cc(F)c2n1. The van der Waals surface area contributed by atoms with E-state index in [1.54, 1.807) is 35.9 Å². The molecule has 0 unspecified atom stereocenters. The maximum Gasteiger partial charge on any atom is 0.258 e. The highest BCUT2D eigenvalue weighted by Gasteiger charge is 2.12. The van der Waals surface area contributed by atoms with Crippen LogP contribution in [-0.2, 0) is 0 Å². The van der Waals surface area contributed by atoms with E-state index in [9.17, 15) is 13.6 Å². The van der Waals surface area contributed by atoms with Gasteiger partial charge in [0.2, 0.25) is 0 Å². The van der Waals surface area contributed by atoms with Crippen molar-refractivity contribution in [3.05, 3.63) is 70.5 Å². The zero-order valence-electron chi connectivity index (χ0n) is 12.1. The van der Waals surface area contributed by atoms with Crippen LogP contribution < -0.4 is 5.56 Å². The number of fused-ring (bicyclic) bond motifs is 2. The largest absolute Gasteiger partial charge is 0.328 e. The lowest BCUT2D eigenvalue weighted by molar-refractivity contribution is 0.630. The molecule has 0 fully saturated rings. The first-order valence-corrected chi connectivity index (χ1v) is 6.99. The van der Waals surface area contributed by atoms with Crippen molar-refractivity contribution in [3.8, 4) is 11.1 Å². The third-order valence-electron chi connectivity index (χ3n) is 3.79. The monoisotopic (exact) mass is 311 g/mol. The fourth-order valence-electron chi connectivity index (χ4n) is 2.78. The first kappa shape index (κ1) is 13.6. The van der Waals surface area contributed by atoms with Gasteiger partial charge in [0.05, 0.1) is 11.1 Å². The molecule has 114 valence electrons. The number of rotatable bonds is 1.